The van der Waals surface area contributed by atoms with Crippen molar-refractivity contribution < 1.29 is 9.53 Å². The Morgan fingerprint density at radius 1 is 1.17 bits per heavy atom. The van der Waals surface area contributed by atoms with E-state index in [1.807, 2.05) is 4.68 Å². The van der Waals surface area contributed by atoms with Gasteiger partial charge in [0.25, 0.3) is 5.91 Å². The summed E-state index contributed by atoms with van der Waals surface area (Å²) in [5.74, 6) is -0.121. The van der Waals surface area contributed by atoms with Gasteiger partial charge in [-0.3, -0.25) is 9.69 Å². The lowest BCUT2D eigenvalue weighted by Crippen LogP contribution is -2.59. The third-order valence-electron chi connectivity index (χ3n) is 6.21. The van der Waals surface area contributed by atoms with Crippen molar-refractivity contribution in [3.63, 3.8) is 0 Å². The monoisotopic (exact) mass is 396 g/mol. The first kappa shape index (κ1) is 18.6. The van der Waals surface area contributed by atoms with Crippen LogP contribution in [0, 0.1) is 0 Å². The number of anilines is 1. The molecule has 2 saturated heterocycles. The summed E-state index contributed by atoms with van der Waals surface area (Å²) in [7, 11) is 0. The minimum Gasteiger partial charge on any atom is -0.378 e. The predicted octanol–water partition coefficient (Wildman–Crippen LogP) is 1.62. The van der Waals surface area contributed by atoms with Gasteiger partial charge in [-0.25, -0.2) is 4.68 Å². The molecule has 3 aliphatic rings. The van der Waals surface area contributed by atoms with Gasteiger partial charge >= 0.3 is 0 Å². The first-order chi connectivity index (χ1) is 14.2. The Bertz CT molecular complexity index is 850. The number of nitrogens with one attached hydrogen (secondary N) is 1. The van der Waals surface area contributed by atoms with E-state index in [-0.39, 0.29) is 11.9 Å². The maximum atomic E-state index is 12.4. The highest BCUT2D eigenvalue weighted by molar-refractivity contribution is 5.92. The van der Waals surface area contributed by atoms with Crippen molar-refractivity contribution >= 4 is 11.6 Å². The second kappa shape index (κ2) is 7.76. The van der Waals surface area contributed by atoms with Gasteiger partial charge in [0.2, 0.25) is 0 Å². The summed E-state index contributed by atoms with van der Waals surface area (Å²) in [6.45, 7) is 7.45. The number of aromatic nitrogens is 3. The summed E-state index contributed by atoms with van der Waals surface area (Å²) >= 11 is 0. The van der Waals surface area contributed by atoms with E-state index in [1.165, 1.54) is 11.3 Å². The highest BCUT2D eigenvalue weighted by Crippen LogP contribution is 2.33. The molecule has 0 spiro atoms. The Morgan fingerprint density at radius 3 is 2.59 bits per heavy atom. The number of carbonyl (C=O) groups is 1. The van der Waals surface area contributed by atoms with E-state index >= 15 is 0 Å². The highest BCUT2D eigenvalue weighted by Gasteiger charge is 2.33. The van der Waals surface area contributed by atoms with Gasteiger partial charge in [-0.1, -0.05) is 17.3 Å². The Labute approximate surface area is 170 Å². The predicted molar refractivity (Wildman–Crippen MR) is 109 cm³/mol. The molecule has 1 aromatic carbocycles. The Morgan fingerprint density at radius 2 is 1.90 bits per heavy atom. The van der Waals surface area contributed by atoms with Crippen molar-refractivity contribution in [3.8, 4) is 0 Å². The summed E-state index contributed by atoms with van der Waals surface area (Å²) in [4.78, 5) is 17.1. The SMILES string of the molecule is CC(c1ccc(N2CCOCC2)cc1)N1CC(NC(=O)c2cn(C3CC3)nn2)C1. The van der Waals surface area contributed by atoms with Gasteiger partial charge in [0.1, 0.15) is 0 Å². The quantitative estimate of drug-likeness (QED) is 0.800. The minimum absolute atomic E-state index is 0.121. The molecule has 0 radical (unpaired) electrons. The molecule has 2 aliphatic heterocycles. The topological polar surface area (TPSA) is 75.5 Å². The molecule has 8 heteroatoms. The van der Waals surface area contributed by atoms with Gasteiger partial charge < -0.3 is 15.0 Å². The van der Waals surface area contributed by atoms with E-state index in [9.17, 15) is 4.79 Å². The first-order valence-electron chi connectivity index (χ1n) is 10.6. The summed E-state index contributed by atoms with van der Waals surface area (Å²) in [5, 5.41) is 11.2. The number of benzene rings is 1. The van der Waals surface area contributed by atoms with Gasteiger partial charge in [-0.15, -0.1) is 5.10 Å². The third kappa shape index (κ3) is 4.00. The number of rotatable bonds is 6. The van der Waals surface area contributed by atoms with Crippen LogP contribution < -0.4 is 10.2 Å². The second-order valence-corrected chi connectivity index (χ2v) is 8.31. The summed E-state index contributed by atoms with van der Waals surface area (Å²) < 4.78 is 7.24. The molecule has 0 bridgehead atoms. The molecule has 5 rings (SSSR count). The van der Waals surface area contributed by atoms with Gasteiger partial charge in [-0.2, -0.15) is 0 Å². The van der Waals surface area contributed by atoms with Crippen LogP contribution >= 0.6 is 0 Å². The molecular weight excluding hydrogens is 368 g/mol. The summed E-state index contributed by atoms with van der Waals surface area (Å²) in [5.41, 5.74) is 2.98. The molecule has 8 nitrogen and oxygen atoms in total. The molecule has 1 unspecified atom stereocenters. The average molecular weight is 396 g/mol. The van der Waals surface area contributed by atoms with Crippen molar-refractivity contribution in [2.45, 2.75) is 37.9 Å². The van der Waals surface area contributed by atoms with Gasteiger partial charge in [0, 0.05) is 37.9 Å². The molecular formula is C21H28N6O2. The Kier molecular flexibility index (Phi) is 4.97. The van der Waals surface area contributed by atoms with Gasteiger partial charge in [-0.05, 0) is 37.5 Å². The zero-order chi connectivity index (χ0) is 19.8. The number of hydrogen-bond donors (Lipinski definition) is 1. The Hall–Kier alpha value is -2.45. The molecule has 1 aromatic heterocycles. The average Bonchev–Trinajstić information content (AvgIpc) is 3.47. The van der Waals surface area contributed by atoms with E-state index < -0.39 is 0 Å². The van der Waals surface area contributed by atoms with Crippen LogP contribution in [0.2, 0.25) is 0 Å². The molecule has 3 heterocycles. The van der Waals surface area contributed by atoms with Crippen LogP contribution in [0.25, 0.3) is 0 Å². The van der Waals surface area contributed by atoms with Gasteiger partial charge in [0.15, 0.2) is 5.69 Å². The fourth-order valence-corrected chi connectivity index (χ4v) is 4.07. The molecule has 3 fully saturated rings. The number of ether oxygens (including phenoxy) is 1. The Balaban J connectivity index is 1.11. The van der Waals surface area contributed by atoms with Crippen LogP contribution in [-0.2, 0) is 4.74 Å². The molecule has 1 atom stereocenters. The van der Waals surface area contributed by atoms with Crippen molar-refractivity contribution in [3.05, 3.63) is 41.7 Å². The molecule has 1 amide bonds. The van der Waals surface area contributed by atoms with E-state index in [1.54, 1.807) is 6.20 Å². The lowest BCUT2D eigenvalue weighted by molar-refractivity contribution is 0.0672. The summed E-state index contributed by atoms with van der Waals surface area (Å²) in [6.07, 6.45) is 4.03. The van der Waals surface area contributed by atoms with Crippen molar-refractivity contribution in [2.24, 2.45) is 0 Å². The van der Waals surface area contributed by atoms with Crippen molar-refractivity contribution in [1.29, 1.82) is 0 Å². The van der Waals surface area contributed by atoms with Crippen LogP contribution in [0.5, 0.6) is 0 Å². The number of morpholine rings is 1. The van der Waals surface area contributed by atoms with Crippen LogP contribution in [0.4, 0.5) is 5.69 Å². The van der Waals surface area contributed by atoms with Gasteiger partial charge in [0.05, 0.1) is 31.5 Å². The summed E-state index contributed by atoms with van der Waals surface area (Å²) in [6, 6.07) is 9.80. The zero-order valence-electron chi connectivity index (χ0n) is 16.8. The van der Waals surface area contributed by atoms with E-state index in [4.69, 9.17) is 4.74 Å². The number of likely N-dealkylation sites (tertiary alicyclic amines) is 1. The molecule has 1 aliphatic carbocycles. The first-order valence-corrected chi connectivity index (χ1v) is 10.6. The highest BCUT2D eigenvalue weighted by atomic mass is 16.5. The number of nitrogens with zero attached hydrogens (tertiary/aromatic N) is 5. The van der Waals surface area contributed by atoms with Crippen molar-refractivity contribution in [2.75, 3.05) is 44.3 Å². The smallest absolute Gasteiger partial charge is 0.273 e. The normalized spacial score (nSPS) is 21.6. The number of hydrogen-bond acceptors (Lipinski definition) is 6. The van der Waals surface area contributed by atoms with E-state index in [2.05, 4.69) is 56.6 Å². The lowest BCUT2D eigenvalue weighted by Gasteiger charge is -2.43. The minimum atomic E-state index is -0.121. The van der Waals surface area contributed by atoms with Crippen LogP contribution in [-0.4, -0.2) is 71.2 Å². The van der Waals surface area contributed by atoms with Crippen molar-refractivity contribution in [1.82, 2.24) is 25.2 Å². The number of amides is 1. The van der Waals surface area contributed by atoms with Crippen LogP contribution in [0.3, 0.4) is 0 Å². The standard InChI is InChI=1S/C21H28N6O2/c1-15(16-2-4-18(5-3-16)25-8-10-29-11-9-25)26-12-17(13-26)22-21(28)20-14-27(24-23-20)19-6-7-19/h2-5,14-15,17,19H,6-13H2,1H3,(H,22,28). The van der Waals surface area contributed by atoms with Crippen LogP contribution in [0.15, 0.2) is 30.5 Å². The van der Waals surface area contributed by atoms with E-state index in [0.29, 0.717) is 17.8 Å². The maximum Gasteiger partial charge on any atom is 0.273 e. The molecule has 154 valence electrons. The molecule has 2 aromatic rings. The molecule has 1 saturated carbocycles. The third-order valence-corrected chi connectivity index (χ3v) is 6.21. The lowest BCUT2D eigenvalue weighted by atomic mass is 10.00. The molecule has 1 N–H and O–H groups in total. The van der Waals surface area contributed by atoms with E-state index in [0.717, 1.165) is 52.2 Å². The number of carbonyl (C=O) groups excluding carboxylic acids is 1. The second-order valence-electron chi connectivity index (χ2n) is 8.31. The zero-order valence-corrected chi connectivity index (χ0v) is 16.8. The maximum absolute atomic E-state index is 12.4. The fraction of sp³-hybridized carbons (Fsp3) is 0.571. The van der Waals surface area contributed by atoms with Crippen LogP contribution in [0.1, 0.15) is 47.9 Å². The fourth-order valence-electron chi connectivity index (χ4n) is 4.07. The largest absolute Gasteiger partial charge is 0.378 e. The molecule has 29 heavy (non-hydrogen) atoms.